The molecule has 2 aromatic rings. The van der Waals surface area contributed by atoms with Crippen molar-refractivity contribution in [3.05, 3.63) is 47.9 Å². The Hall–Kier alpha value is -2.80. The van der Waals surface area contributed by atoms with Crippen LogP contribution in [-0.2, 0) is 11.2 Å². The molecular formula is C21H25N5O2. The molecule has 4 rings (SSSR count). The fourth-order valence-electron chi connectivity index (χ4n) is 4.01. The van der Waals surface area contributed by atoms with Gasteiger partial charge in [0, 0.05) is 50.0 Å². The minimum Gasteiger partial charge on any atom is -0.353 e. The Morgan fingerprint density at radius 1 is 1.29 bits per heavy atom. The zero-order chi connectivity index (χ0) is 19.5. The molecule has 0 spiro atoms. The maximum absolute atomic E-state index is 13.1. The van der Waals surface area contributed by atoms with E-state index in [0.29, 0.717) is 25.2 Å². The van der Waals surface area contributed by atoms with Gasteiger partial charge >= 0.3 is 0 Å². The average Bonchev–Trinajstić information content (AvgIpc) is 2.74. The van der Waals surface area contributed by atoms with Gasteiger partial charge in [0.2, 0.25) is 5.91 Å². The van der Waals surface area contributed by atoms with E-state index in [0.717, 1.165) is 42.8 Å². The molecule has 2 fully saturated rings. The molecule has 28 heavy (non-hydrogen) atoms. The summed E-state index contributed by atoms with van der Waals surface area (Å²) in [5.74, 6) is -0.0198. The summed E-state index contributed by atoms with van der Waals surface area (Å²) in [7, 11) is 0. The number of aryl methyl sites for hydroxylation is 1. The number of piperazine rings is 2. The summed E-state index contributed by atoms with van der Waals surface area (Å²) in [5, 5.41) is 2.90. The third-order valence-electron chi connectivity index (χ3n) is 5.47. The van der Waals surface area contributed by atoms with Gasteiger partial charge in [-0.25, -0.2) is 9.97 Å². The van der Waals surface area contributed by atoms with Crippen LogP contribution >= 0.6 is 0 Å². The standard InChI is InChI=1S/C21H25N5O2/c1-2-4-17-12-22-14-24-19(17)15-5-3-6-16(11-15)21(28)26-10-9-25-8-7-23-20(27)18(25)13-26/h3,5-6,11-12,14,18H,2,4,7-10,13H2,1H3,(H,23,27). The molecular weight excluding hydrogens is 354 g/mol. The van der Waals surface area contributed by atoms with E-state index in [1.54, 1.807) is 11.2 Å². The van der Waals surface area contributed by atoms with E-state index in [9.17, 15) is 9.59 Å². The number of nitrogens with one attached hydrogen (secondary N) is 1. The number of amides is 2. The Kier molecular flexibility index (Phi) is 5.34. The fraction of sp³-hybridized carbons (Fsp3) is 0.429. The Morgan fingerprint density at radius 2 is 2.18 bits per heavy atom. The highest BCUT2D eigenvalue weighted by Crippen LogP contribution is 2.24. The van der Waals surface area contributed by atoms with Crippen molar-refractivity contribution < 1.29 is 9.59 Å². The molecule has 0 aliphatic carbocycles. The molecule has 2 aliphatic heterocycles. The minimum atomic E-state index is -0.243. The molecule has 1 atom stereocenters. The molecule has 0 saturated carbocycles. The number of rotatable bonds is 4. The Labute approximate surface area is 164 Å². The maximum atomic E-state index is 13.1. The number of hydrogen-bond acceptors (Lipinski definition) is 5. The van der Waals surface area contributed by atoms with Crippen LogP contribution in [0.25, 0.3) is 11.3 Å². The van der Waals surface area contributed by atoms with Crippen LogP contribution in [0, 0.1) is 0 Å². The normalized spacial score (nSPS) is 19.8. The third kappa shape index (κ3) is 3.62. The number of nitrogens with zero attached hydrogens (tertiary/aromatic N) is 4. The van der Waals surface area contributed by atoms with Crippen molar-refractivity contribution in [2.45, 2.75) is 25.8 Å². The molecule has 1 N–H and O–H groups in total. The SMILES string of the molecule is CCCc1cncnc1-c1cccc(C(=O)N2CCN3CCNC(=O)C3C2)c1. The summed E-state index contributed by atoms with van der Waals surface area (Å²) in [6, 6.07) is 7.36. The second kappa shape index (κ2) is 8.06. The van der Waals surface area contributed by atoms with E-state index in [-0.39, 0.29) is 17.9 Å². The van der Waals surface area contributed by atoms with Crippen LogP contribution in [0.4, 0.5) is 0 Å². The van der Waals surface area contributed by atoms with E-state index < -0.39 is 0 Å². The summed E-state index contributed by atoms with van der Waals surface area (Å²) in [6.45, 7) is 5.46. The summed E-state index contributed by atoms with van der Waals surface area (Å²) in [6.07, 6.45) is 5.30. The van der Waals surface area contributed by atoms with Crippen molar-refractivity contribution in [1.82, 2.24) is 25.1 Å². The lowest BCUT2D eigenvalue weighted by atomic mass is 10.0. The molecule has 7 heteroatoms. The lowest BCUT2D eigenvalue weighted by Crippen LogP contribution is -2.64. The van der Waals surface area contributed by atoms with E-state index >= 15 is 0 Å². The lowest BCUT2D eigenvalue weighted by Gasteiger charge is -2.43. The van der Waals surface area contributed by atoms with Gasteiger partial charge in [0.1, 0.15) is 12.4 Å². The topological polar surface area (TPSA) is 78.4 Å². The average molecular weight is 379 g/mol. The van der Waals surface area contributed by atoms with Crippen LogP contribution in [0.2, 0.25) is 0 Å². The third-order valence-corrected chi connectivity index (χ3v) is 5.47. The van der Waals surface area contributed by atoms with Crippen LogP contribution in [0.1, 0.15) is 29.3 Å². The fourth-order valence-corrected chi connectivity index (χ4v) is 4.01. The van der Waals surface area contributed by atoms with Gasteiger partial charge in [0.05, 0.1) is 5.69 Å². The van der Waals surface area contributed by atoms with E-state index in [2.05, 4.69) is 27.1 Å². The lowest BCUT2D eigenvalue weighted by molar-refractivity contribution is -0.131. The van der Waals surface area contributed by atoms with Gasteiger partial charge in [0.15, 0.2) is 0 Å². The van der Waals surface area contributed by atoms with Gasteiger partial charge in [-0.15, -0.1) is 0 Å². The van der Waals surface area contributed by atoms with Gasteiger partial charge in [-0.1, -0.05) is 25.5 Å². The van der Waals surface area contributed by atoms with Crippen molar-refractivity contribution >= 4 is 11.8 Å². The predicted octanol–water partition coefficient (Wildman–Crippen LogP) is 1.35. The predicted molar refractivity (Wildman–Crippen MR) is 106 cm³/mol. The van der Waals surface area contributed by atoms with Gasteiger partial charge in [-0.2, -0.15) is 0 Å². The van der Waals surface area contributed by atoms with Crippen LogP contribution in [0.15, 0.2) is 36.8 Å². The second-order valence-electron chi connectivity index (χ2n) is 7.32. The van der Waals surface area contributed by atoms with Crippen molar-refractivity contribution in [2.75, 3.05) is 32.7 Å². The van der Waals surface area contributed by atoms with Gasteiger partial charge < -0.3 is 10.2 Å². The summed E-state index contributed by atoms with van der Waals surface area (Å²) in [4.78, 5) is 37.8. The molecule has 1 unspecified atom stereocenters. The van der Waals surface area contributed by atoms with Gasteiger partial charge in [-0.05, 0) is 24.1 Å². The summed E-state index contributed by atoms with van der Waals surface area (Å²) < 4.78 is 0. The van der Waals surface area contributed by atoms with E-state index in [1.807, 2.05) is 30.5 Å². The van der Waals surface area contributed by atoms with Crippen molar-refractivity contribution in [1.29, 1.82) is 0 Å². The maximum Gasteiger partial charge on any atom is 0.253 e. The second-order valence-corrected chi connectivity index (χ2v) is 7.32. The molecule has 0 radical (unpaired) electrons. The van der Waals surface area contributed by atoms with Crippen LogP contribution < -0.4 is 5.32 Å². The Balaban J connectivity index is 1.56. The monoisotopic (exact) mass is 379 g/mol. The summed E-state index contributed by atoms with van der Waals surface area (Å²) >= 11 is 0. The smallest absolute Gasteiger partial charge is 0.253 e. The molecule has 1 aromatic carbocycles. The zero-order valence-corrected chi connectivity index (χ0v) is 16.1. The van der Waals surface area contributed by atoms with Crippen molar-refractivity contribution in [3.63, 3.8) is 0 Å². The highest BCUT2D eigenvalue weighted by atomic mass is 16.2. The van der Waals surface area contributed by atoms with Crippen LogP contribution in [0.5, 0.6) is 0 Å². The quantitative estimate of drug-likeness (QED) is 0.868. The van der Waals surface area contributed by atoms with Crippen LogP contribution in [0.3, 0.4) is 0 Å². The van der Waals surface area contributed by atoms with Gasteiger partial charge in [0.25, 0.3) is 5.91 Å². The van der Waals surface area contributed by atoms with Crippen molar-refractivity contribution in [3.8, 4) is 11.3 Å². The highest BCUT2D eigenvalue weighted by molar-refractivity contribution is 5.96. The Morgan fingerprint density at radius 3 is 3.04 bits per heavy atom. The molecule has 2 amide bonds. The van der Waals surface area contributed by atoms with Crippen molar-refractivity contribution in [2.24, 2.45) is 0 Å². The number of benzene rings is 1. The van der Waals surface area contributed by atoms with E-state index in [4.69, 9.17) is 0 Å². The minimum absolute atomic E-state index is 0.0164. The number of carbonyl (C=O) groups excluding carboxylic acids is 2. The molecule has 1 aromatic heterocycles. The zero-order valence-electron chi connectivity index (χ0n) is 16.1. The number of aromatic nitrogens is 2. The first-order valence-electron chi connectivity index (χ1n) is 9.87. The Bertz CT molecular complexity index is 885. The van der Waals surface area contributed by atoms with Crippen LogP contribution in [-0.4, -0.2) is 70.3 Å². The van der Waals surface area contributed by atoms with E-state index in [1.165, 1.54) is 0 Å². The molecule has 3 heterocycles. The first kappa shape index (κ1) is 18.6. The molecule has 2 aliphatic rings. The number of hydrogen-bond donors (Lipinski definition) is 1. The molecule has 0 bridgehead atoms. The molecule has 7 nitrogen and oxygen atoms in total. The molecule has 2 saturated heterocycles. The first-order chi connectivity index (χ1) is 13.7. The van der Waals surface area contributed by atoms with Gasteiger partial charge in [-0.3, -0.25) is 14.5 Å². The summed E-state index contributed by atoms with van der Waals surface area (Å²) in [5.41, 5.74) is 3.51. The largest absolute Gasteiger partial charge is 0.353 e. The highest BCUT2D eigenvalue weighted by Gasteiger charge is 2.36. The number of carbonyl (C=O) groups is 2. The first-order valence-corrected chi connectivity index (χ1v) is 9.87. The molecule has 146 valence electrons. The number of fused-ring (bicyclic) bond motifs is 1.